The molecule has 0 saturated heterocycles. The summed E-state index contributed by atoms with van der Waals surface area (Å²) in [6, 6.07) is 9.98. The Labute approximate surface area is 101 Å². The Hall–Kier alpha value is -1.61. The van der Waals surface area contributed by atoms with Gasteiger partial charge in [-0.1, -0.05) is 37.3 Å². The van der Waals surface area contributed by atoms with Crippen molar-refractivity contribution in [2.75, 3.05) is 6.54 Å². The minimum atomic E-state index is -0.726. The molecule has 0 bridgehead atoms. The zero-order valence-corrected chi connectivity index (χ0v) is 9.97. The van der Waals surface area contributed by atoms with E-state index in [1.165, 1.54) is 10.5 Å². The average molecular weight is 231 g/mol. The van der Waals surface area contributed by atoms with Crippen LogP contribution in [-0.2, 0) is 11.2 Å². The summed E-state index contributed by atoms with van der Waals surface area (Å²) in [5, 5.41) is 9.93. The Kier molecular flexibility index (Phi) is 3.59. The number of hydrogen-bond donors (Lipinski definition) is 1. The van der Waals surface area contributed by atoms with Crippen LogP contribution in [0.15, 0.2) is 42.0 Å². The summed E-state index contributed by atoms with van der Waals surface area (Å²) in [7, 11) is 0. The molecule has 0 spiro atoms. The first-order valence-electron chi connectivity index (χ1n) is 5.95. The van der Waals surface area contributed by atoms with E-state index in [1.807, 2.05) is 37.3 Å². The molecule has 1 N–H and O–H groups in total. The van der Waals surface area contributed by atoms with Crippen molar-refractivity contribution in [3.05, 3.63) is 47.5 Å². The number of amides is 1. The lowest BCUT2D eigenvalue weighted by Gasteiger charge is -2.22. The van der Waals surface area contributed by atoms with Gasteiger partial charge in [0.15, 0.2) is 6.23 Å². The third-order valence-corrected chi connectivity index (χ3v) is 3.11. The number of aliphatic hydroxyl groups excluding tert-OH is 1. The molecule has 0 aromatic heterocycles. The van der Waals surface area contributed by atoms with Gasteiger partial charge in [0.2, 0.25) is 5.91 Å². The topological polar surface area (TPSA) is 40.5 Å². The van der Waals surface area contributed by atoms with Crippen molar-refractivity contribution in [3.63, 3.8) is 0 Å². The number of hydrogen-bond acceptors (Lipinski definition) is 2. The Morgan fingerprint density at radius 3 is 2.59 bits per heavy atom. The summed E-state index contributed by atoms with van der Waals surface area (Å²) in [5.74, 6) is -0.0784. The van der Waals surface area contributed by atoms with Crippen LogP contribution in [0.4, 0.5) is 0 Å². The minimum Gasteiger partial charge on any atom is -0.369 e. The quantitative estimate of drug-likeness (QED) is 0.857. The lowest BCUT2D eigenvalue weighted by atomic mass is 10.1. The third-order valence-electron chi connectivity index (χ3n) is 3.11. The van der Waals surface area contributed by atoms with Crippen LogP contribution in [0.3, 0.4) is 0 Å². The molecule has 2 rings (SSSR count). The van der Waals surface area contributed by atoms with Gasteiger partial charge in [-0.25, -0.2) is 0 Å². The maximum atomic E-state index is 11.7. The van der Waals surface area contributed by atoms with Crippen molar-refractivity contribution in [2.45, 2.75) is 26.0 Å². The summed E-state index contributed by atoms with van der Waals surface area (Å²) in [5.41, 5.74) is 1.99. The summed E-state index contributed by atoms with van der Waals surface area (Å²) in [6.45, 7) is 2.51. The first-order chi connectivity index (χ1) is 8.22. The number of aliphatic hydroxyl groups is 1. The second-order valence-corrected chi connectivity index (χ2v) is 4.21. The highest BCUT2D eigenvalue weighted by atomic mass is 16.3. The predicted molar refractivity (Wildman–Crippen MR) is 66.2 cm³/mol. The molecule has 0 radical (unpaired) electrons. The zero-order valence-electron chi connectivity index (χ0n) is 9.97. The average Bonchev–Trinajstić information content (AvgIpc) is 2.63. The van der Waals surface area contributed by atoms with Crippen molar-refractivity contribution < 1.29 is 9.90 Å². The van der Waals surface area contributed by atoms with Crippen LogP contribution in [0.5, 0.6) is 0 Å². The lowest BCUT2D eigenvalue weighted by molar-refractivity contribution is -0.130. The van der Waals surface area contributed by atoms with E-state index >= 15 is 0 Å². The zero-order chi connectivity index (χ0) is 12.3. The van der Waals surface area contributed by atoms with E-state index in [0.29, 0.717) is 6.54 Å². The van der Waals surface area contributed by atoms with Crippen LogP contribution in [0.2, 0.25) is 0 Å². The highest BCUT2D eigenvalue weighted by Gasteiger charge is 2.29. The molecule has 1 aliphatic heterocycles. The Bertz CT molecular complexity index is 425. The second kappa shape index (κ2) is 5.15. The van der Waals surface area contributed by atoms with Crippen molar-refractivity contribution in [3.8, 4) is 0 Å². The molecule has 0 fully saturated rings. The van der Waals surface area contributed by atoms with Crippen LogP contribution in [0.1, 0.15) is 18.9 Å². The van der Waals surface area contributed by atoms with E-state index in [-0.39, 0.29) is 5.91 Å². The highest BCUT2D eigenvalue weighted by molar-refractivity contribution is 5.91. The van der Waals surface area contributed by atoms with Crippen LogP contribution < -0.4 is 0 Å². The van der Waals surface area contributed by atoms with E-state index < -0.39 is 6.23 Å². The third kappa shape index (κ3) is 2.56. The van der Waals surface area contributed by atoms with Gasteiger partial charge < -0.3 is 10.0 Å². The van der Waals surface area contributed by atoms with Crippen LogP contribution in [0, 0.1) is 0 Å². The summed E-state index contributed by atoms with van der Waals surface area (Å²) < 4.78 is 0. The minimum absolute atomic E-state index is 0.0784. The van der Waals surface area contributed by atoms with Gasteiger partial charge in [0.1, 0.15) is 0 Å². The summed E-state index contributed by atoms with van der Waals surface area (Å²) in [4.78, 5) is 13.2. The first-order valence-corrected chi connectivity index (χ1v) is 5.95. The molecule has 0 aliphatic carbocycles. The number of rotatable bonds is 4. The highest BCUT2D eigenvalue weighted by Crippen LogP contribution is 2.20. The van der Waals surface area contributed by atoms with Gasteiger partial charge in [-0.2, -0.15) is 0 Å². The van der Waals surface area contributed by atoms with Crippen molar-refractivity contribution in [1.29, 1.82) is 0 Å². The lowest BCUT2D eigenvalue weighted by Crippen LogP contribution is -2.36. The monoisotopic (exact) mass is 231 g/mol. The Morgan fingerprint density at radius 2 is 2.00 bits per heavy atom. The predicted octanol–water partition coefficient (Wildman–Crippen LogP) is 1.73. The fraction of sp³-hybridized carbons (Fsp3) is 0.357. The molecule has 3 heteroatoms. The normalized spacial score (nSPS) is 19.6. The van der Waals surface area contributed by atoms with E-state index in [2.05, 4.69) is 0 Å². The summed E-state index contributed by atoms with van der Waals surface area (Å²) in [6.07, 6.45) is 2.31. The van der Waals surface area contributed by atoms with Gasteiger partial charge >= 0.3 is 0 Å². The van der Waals surface area contributed by atoms with E-state index in [1.54, 1.807) is 6.08 Å². The molecular weight excluding hydrogens is 214 g/mol. The van der Waals surface area contributed by atoms with Crippen molar-refractivity contribution in [2.24, 2.45) is 0 Å². The van der Waals surface area contributed by atoms with Crippen molar-refractivity contribution in [1.82, 2.24) is 4.90 Å². The largest absolute Gasteiger partial charge is 0.369 e. The van der Waals surface area contributed by atoms with Gasteiger partial charge in [0.05, 0.1) is 0 Å². The molecule has 90 valence electrons. The molecule has 1 aliphatic rings. The van der Waals surface area contributed by atoms with Crippen LogP contribution in [0.25, 0.3) is 0 Å². The van der Waals surface area contributed by atoms with Gasteiger partial charge in [-0.05, 0) is 24.0 Å². The molecule has 0 saturated carbocycles. The molecule has 17 heavy (non-hydrogen) atoms. The molecule has 1 amide bonds. The number of carbonyl (C=O) groups excluding carboxylic acids is 1. The van der Waals surface area contributed by atoms with E-state index in [0.717, 1.165) is 18.4 Å². The molecule has 1 aromatic carbocycles. The molecule has 1 heterocycles. The maximum absolute atomic E-state index is 11.7. The molecule has 1 aromatic rings. The molecule has 1 atom stereocenters. The smallest absolute Gasteiger partial charge is 0.248 e. The SMILES string of the molecule is CCC1=CC(=O)N(CCc2ccccc2)[C@H]1O. The van der Waals surface area contributed by atoms with E-state index in [4.69, 9.17) is 0 Å². The fourth-order valence-corrected chi connectivity index (χ4v) is 2.05. The van der Waals surface area contributed by atoms with Gasteiger partial charge in [-0.15, -0.1) is 0 Å². The number of carbonyl (C=O) groups is 1. The fourth-order valence-electron chi connectivity index (χ4n) is 2.05. The maximum Gasteiger partial charge on any atom is 0.248 e. The number of nitrogens with zero attached hydrogens (tertiary/aromatic N) is 1. The van der Waals surface area contributed by atoms with Gasteiger partial charge in [-0.3, -0.25) is 4.79 Å². The Balaban J connectivity index is 1.95. The first kappa shape index (κ1) is 11.9. The van der Waals surface area contributed by atoms with E-state index in [9.17, 15) is 9.90 Å². The Morgan fingerprint density at radius 1 is 1.29 bits per heavy atom. The van der Waals surface area contributed by atoms with Gasteiger partial charge in [0.25, 0.3) is 0 Å². The van der Waals surface area contributed by atoms with Gasteiger partial charge in [0, 0.05) is 12.6 Å². The summed E-state index contributed by atoms with van der Waals surface area (Å²) >= 11 is 0. The van der Waals surface area contributed by atoms with Crippen LogP contribution >= 0.6 is 0 Å². The van der Waals surface area contributed by atoms with Crippen LogP contribution in [-0.4, -0.2) is 28.7 Å². The molecule has 0 unspecified atom stereocenters. The molecule has 3 nitrogen and oxygen atoms in total. The second-order valence-electron chi connectivity index (χ2n) is 4.21. The standard InChI is InChI=1S/C14H17NO2/c1-2-12-10-13(16)15(14(12)17)9-8-11-6-4-3-5-7-11/h3-7,10,14,17H,2,8-9H2,1H3/t14-/m0/s1. The molecular formula is C14H17NO2. The number of benzene rings is 1. The van der Waals surface area contributed by atoms with Crippen molar-refractivity contribution >= 4 is 5.91 Å².